The molecule has 0 unspecified atom stereocenters. The fourth-order valence-corrected chi connectivity index (χ4v) is 3.57. The Kier molecular flexibility index (Phi) is 6.01. The monoisotopic (exact) mass is 364 g/mol. The number of hydrogen-bond acceptors (Lipinski definition) is 3. The maximum Gasteiger partial charge on any atom is 0.0642 e. The second-order valence-electron chi connectivity index (χ2n) is 6.10. The van der Waals surface area contributed by atoms with E-state index in [1.54, 1.807) is 0 Å². The SMILES string of the molecule is CN(Cc1ccccc1N1CCOCC1)Cc1c(Cl)cccc1Cl. The third-order valence-electron chi connectivity index (χ3n) is 4.27. The Morgan fingerprint density at radius 1 is 0.958 bits per heavy atom. The van der Waals surface area contributed by atoms with E-state index in [4.69, 9.17) is 27.9 Å². The van der Waals surface area contributed by atoms with Crippen LogP contribution in [0.4, 0.5) is 5.69 Å². The molecule has 0 aromatic heterocycles. The van der Waals surface area contributed by atoms with Crippen molar-refractivity contribution in [2.24, 2.45) is 0 Å². The molecule has 1 saturated heterocycles. The number of benzene rings is 2. The van der Waals surface area contributed by atoms with Crippen molar-refractivity contribution in [2.45, 2.75) is 13.1 Å². The van der Waals surface area contributed by atoms with Gasteiger partial charge in [-0.2, -0.15) is 0 Å². The highest BCUT2D eigenvalue weighted by Gasteiger charge is 2.16. The highest BCUT2D eigenvalue weighted by molar-refractivity contribution is 6.35. The van der Waals surface area contributed by atoms with E-state index in [2.05, 4.69) is 41.1 Å². The Bertz CT molecular complexity index is 667. The van der Waals surface area contributed by atoms with Crippen molar-refractivity contribution >= 4 is 28.9 Å². The Morgan fingerprint density at radius 3 is 2.33 bits per heavy atom. The number of ether oxygens (including phenoxy) is 1. The van der Waals surface area contributed by atoms with Crippen molar-refractivity contribution in [1.29, 1.82) is 0 Å². The first-order valence-electron chi connectivity index (χ1n) is 8.17. The van der Waals surface area contributed by atoms with E-state index in [0.29, 0.717) is 0 Å². The van der Waals surface area contributed by atoms with Crippen molar-refractivity contribution in [3.8, 4) is 0 Å². The average molecular weight is 365 g/mol. The molecule has 0 bridgehead atoms. The van der Waals surface area contributed by atoms with Gasteiger partial charge >= 0.3 is 0 Å². The molecule has 24 heavy (non-hydrogen) atoms. The molecule has 5 heteroatoms. The van der Waals surface area contributed by atoms with Gasteiger partial charge in [0.25, 0.3) is 0 Å². The summed E-state index contributed by atoms with van der Waals surface area (Å²) in [5.74, 6) is 0. The van der Waals surface area contributed by atoms with E-state index in [1.807, 2.05) is 18.2 Å². The molecule has 0 spiro atoms. The largest absolute Gasteiger partial charge is 0.378 e. The van der Waals surface area contributed by atoms with E-state index in [1.165, 1.54) is 11.3 Å². The molecule has 0 saturated carbocycles. The summed E-state index contributed by atoms with van der Waals surface area (Å²) in [4.78, 5) is 4.64. The van der Waals surface area contributed by atoms with E-state index in [9.17, 15) is 0 Å². The van der Waals surface area contributed by atoms with Crippen LogP contribution in [0.2, 0.25) is 10.0 Å². The molecule has 3 nitrogen and oxygen atoms in total. The molecule has 1 heterocycles. The third kappa shape index (κ3) is 4.22. The van der Waals surface area contributed by atoms with Gasteiger partial charge in [0.05, 0.1) is 13.2 Å². The summed E-state index contributed by atoms with van der Waals surface area (Å²) in [7, 11) is 2.09. The molecule has 0 radical (unpaired) electrons. The summed E-state index contributed by atoms with van der Waals surface area (Å²) in [6.07, 6.45) is 0. The lowest BCUT2D eigenvalue weighted by Crippen LogP contribution is -2.37. The molecule has 0 N–H and O–H groups in total. The lowest BCUT2D eigenvalue weighted by Gasteiger charge is -2.31. The van der Waals surface area contributed by atoms with Gasteiger partial charge in [0, 0.05) is 47.5 Å². The van der Waals surface area contributed by atoms with E-state index >= 15 is 0 Å². The summed E-state index contributed by atoms with van der Waals surface area (Å²) in [5, 5.41) is 1.44. The van der Waals surface area contributed by atoms with Crippen LogP contribution in [-0.2, 0) is 17.8 Å². The summed E-state index contributed by atoms with van der Waals surface area (Å²) in [6.45, 7) is 5.03. The minimum Gasteiger partial charge on any atom is -0.378 e. The van der Waals surface area contributed by atoms with Crippen LogP contribution in [0, 0.1) is 0 Å². The van der Waals surface area contributed by atoms with Crippen molar-refractivity contribution in [3.63, 3.8) is 0 Å². The Labute approximate surface area is 153 Å². The minimum atomic E-state index is 0.718. The van der Waals surface area contributed by atoms with Crippen LogP contribution < -0.4 is 4.90 Å². The maximum atomic E-state index is 6.30. The first kappa shape index (κ1) is 17.6. The minimum absolute atomic E-state index is 0.718. The van der Waals surface area contributed by atoms with Crippen LogP contribution in [-0.4, -0.2) is 38.3 Å². The number of para-hydroxylation sites is 1. The van der Waals surface area contributed by atoms with Crippen LogP contribution >= 0.6 is 23.2 Å². The van der Waals surface area contributed by atoms with Gasteiger partial charge in [0.1, 0.15) is 0 Å². The maximum absolute atomic E-state index is 6.30. The van der Waals surface area contributed by atoms with Gasteiger partial charge in [0.15, 0.2) is 0 Å². The Hall–Kier alpha value is -1.26. The number of anilines is 1. The van der Waals surface area contributed by atoms with Crippen LogP contribution in [0.1, 0.15) is 11.1 Å². The quantitative estimate of drug-likeness (QED) is 0.778. The zero-order valence-corrected chi connectivity index (χ0v) is 15.4. The number of rotatable bonds is 5. The molecule has 1 aliphatic rings. The van der Waals surface area contributed by atoms with Crippen molar-refractivity contribution in [1.82, 2.24) is 4.90 Å². The predicted molar refractivity (Wildman–Crippen MR) is 101 cm³/mol. The van der Waals surface area contributed by atoms with Gasteiger partial charge in [0.2, 0.25) is 0 Å². The molecule has 0 amide bonds. The molecule has 1 aliphatic heterocycles. The van der Waals surface area contributed by atoms with Crippen molar-refractivity contribution in [2.75, 3.05) is 38.3 Å². The van der Waals surface area contributed by atoms with Gasteiger partial charge < -0.3 is 9.64 Å². The molecule has 1 fully saturated rings. The molecule has 2 aromatic rings. The first-order chi connectivity index (χ1) is 11.6. The van der Waals surface area contributed by atoms with Crippen LogP contribution in [0.25, 0.3) is 0 Å². The number of halogens is 2. The summed E-state index contributed by atoms with van der Waals surface area (Å²) in [6, 6.07) is 14.2. The molecule has 128 valence electrons. The zero-order valence-electron chi connectivity index (χ0n) is 13.8. The normalized spacial score (nSPS) is 15.1. The molecule has 0 atom stereocenters. The number of hydrogen-bond donors (Lipinski definition) is 0. The molecular formula is C19H22Cl2N2O. The lowest BCUT2D eigenvalue weighted by molar-refractivity contribution is 0.122. The van der Waals surface area contributed by atoms with Crippen LogP contribution in [0.3, 0.4) is 0 Å². The Balaban J connectivity index is 1.73. The smallest absolute Gasteiger partial charge is 0.0642 e. The van der Waals surface area contributed by atoms with Gasteiger partial charge in [-0.05, 0) is 30.8 Å². The molecular weight excluding hydrogens is 343 g/mol. The van der Waals surface area contributed by atoms with Gasteiger partial charge in [-0.3, -0.25) is 4.90 Å². The fraction of sp³-hybridized carbons (Fsp3) is 0.368. The summed E-state index contributed by atoms with van der Waals surface area (Å²) in [5.41, 5.74) is 3.58. The summed E-state index contributed by atoms with van der Waals surface area (Å²) >= 11 is 12.6. The lowest BCUT2D eigenvalue weighted by atomic mass is 10.1. The van der Waals surface area contributed by atoms with Gasteiger partial charge in [-0.25, -0.2) is 0 Å². The van der Waals surface area contributed by atoms with E-state index in [-0.39, 0.29) is 0 Å². The van der Waals surface area contributed by atoms with Crippen LogP contribution in [0.5, 0.6) is 0 Å². The Morgan fingerprint density at radius 2 is 1.62 bits per heavy atom. The highest BCUT2D eigenvalue weighted by atomic mass is 35.5. The topological polar surface area (TPSA) is 15.7 Å². The average Bonchev–Trinajstić information content (AvgIpc) is 2.60. The standard InChI is InChI=1S/C19H22Cl2N2O/c1-22(14-16-17(20)6-4-7-18(16)21)13-15-5-2-3-8-19(15)23-9-11-24-12-10-23/h2-8H,9-14H2,1H3. The third-order valence-corrected chi connectivity index (χ3v) is 4.98. The van der Waals surface area contributed by atoms with E-state index < -0.39 is 0 Å². The zero-order chi connectivity index (χ0) is 16.9. The molecule has 2 aromatic carbocycles. The second kappa shape index (κ2) is 8.21. The second-order valence-corrected chi connectivity index (χ2v) is 6.92. The van der Waals surface area contributed by atoms with E-state index in [0.717, 1.165) is 55.0 Å². The van der Waals surface area contributed by atoms with Crippen molar-refractivity contribution in [3.05, 3.63) is 63.6 Å². The summed E-state index contributed by atoms with van der Waals surface area (Å²) < 4.78 is 5.47. The first-order valence-corrected chi connectivity index (χ1v) is 8.93. The highest BCUT2D eigenvalue weighted by Crippen LogP contribution is 2.27. The van der Waals surface area contributed by atoms with Crippen LogP contribution in [0.15, 0.2) is 42.5 Å². The van der Waals surface area contributed by atoms with Gasteiger partial charge in [-0.1, -0.05) is 47.5 Å². The molecule has 3 rings (SSSR count). The van der Waals surface area contributed by atoms with Crippen molar-refractivity contribution < 1.29 is 4.74 Å². The number of morpholine rings is 1. The van der Waals surface area contributed by atoms with Gasteiger partial charge in [-0.15, -0.1) is 0 Å². The number of nitrogens with zero attached hydrogens (tertiary/aromatic N) is 2. The molecule has 0 aliphatic carbocycles. The fourth-order valence-electron chi connectivity index (χ4n) is 3.06. The predicted octanol–water partition coefficient (Wildman–Crippen LogP) is 4.46.